The monoisotopic (exact) mass is 474 g/mol. The molecule has 5 N–H and O–H groups in total. The molecule has 3 aromatic rings. The van der Waals surface area contributed by atoms with Crippen LogP contribution in [0.25, 0.3) is 0 Å². The average molecular weight is 475 g/mol. The Morgan fingerprint density at radius 1 is 1.03 bits per heavy atom. The maximum absolute atomic E-state index is 11.4. The molecule has 14 heteroatoms. The van der Waals surface area contributed by atoms with Gasteiger partial charge in [-0.25, -0.2) is 13.6 Å². The van der Waals surface area contributed by atoms with Crippen LogP contribution in [-0.4, -0.2) is 42.3 Å². The van der Waals surface area contributed by atoms with Crippen molar-refractivity contribution in [3.8, 4) is 0 Å². The van der Waals surface area contributed by atoms with Gasteiger partial charge in [-0.3, -0.25) is 5.43 Å². The number of azo groups is 1. The van der Waals surface area contributed by atoms with Gasteiger partial charge in [-0.1, -0.05) is 6.07 Å². The highest BCUT2D eigenvalue weighted by molar-refractivity contribution is 7.89. The fraction of sp³-hybridized carbons (Fsp3) is 0.222. The molecule has 1 aromatic carbocycles. The Morgan fingerprint density at radius 2 is 1.69 bits per heavy atom. The minimum Gasteiger partial charge on any atom is -0.354 e. The number of amidine groups is 1. The van der Waals surface area contributed by atoms with E-state index in [0.717, 1.165) is 4.88 Å². The van der Waals surface area contributed by atoms with Crippen LogP contribution in [0.15, 0.2) is 62.0 Å². The van der Waals surface area contributed by atoms with Crippen LogP contribution in [0.5, 0.6) is 0 Å². The summed E-state index contributed by atoms with van der Waals surface area (Å²) in [6.45, 7) is 5.14. The largest absolute Gasteiger partial charge is 0.354 e. The van der Waals surface area contributed by atoms with Gasteiger partial charge in [-0.05, 0) is 49.6 Å². The van der Waals surface area contributed by atoms with E-state index in [1.165, 1.54) is 23.5 Å². The van der Waals surface area contributed by atoms with Gasteiger partial charge < -0.3 is 10.6 Å². The fourth-order valence-corrected chi connectivity index (χ4v) is 3.51. The van der Waals surface area contributed by atoms with E-state index in [4.69, 9.17) is 5.14 Å². The Hall–Kier alpha value is -3.49. The number of nitrogens with two attached hydrogens (primary N) is 1. The number of nitrogens with one attached hydrogen (secondary N) is 3. The second kappa shape index (κ2) is 10.7. The average Bonchev–Trinajstić information content (AvgIpc) is 3.28. The Kier molecular flexibility index (Phi) is 7.75. The van der Waals surface area contributed by atoms with Crippen LogP contribution in [0, 0.1) is 0 Å². The normalized spacial score (nSPS) is 12.2. The minimum absolute atomic E-state index is 0.00743. The molecule has 3 rings (SSSR count). The van der Waals surface area contributed by atoms with Crippen LogP contribution in [0.4, 0.5) is 23.5 Å². The highest BCUT2D eigenvalue weighted by Gasteiger charge is 2.09. The zero-order chi connectivity index (χ0) is 23.0. The van der Waals surface area contributed by atoms with Crippen molar-refractivity contribution in [2.24, 2.45) is 20.5 Å². The third-order valence-electron chi connectivity index (χ3n) is 3.74. The molecular weight excluding hydrogens is 452 g/mol. The molecule has 168 valence electrons. The smallest absolute Gasteiger partial charge is 0.275 e. The highest BCUT2D eigenvalue weighted by atomic mass is 32.2. The maximum Gasteiger partial charge on any atom is 0.275 e. The lowest BCUT2D eigenvalue weighted by atomic mass is 10.3. The lowest BCUT2D eigenvalue weighted by Gasteiger charge is -2.06. The van der Waals surface area contributed by atoms with E-state index in [1.54, 1.807) is 12.1 Å². The lowest BCUT2D eigenvalue weighted by molar-refractivity contribution is 0.598. The molecule has 0 atom stereocenters. The van der Waals surface area contributed by atoms with Gasteiger partial charge in [0.05, 0.1) is 15.5 Å². The third kappa shape index (κ3) is 6.50. The summed E-state index contributed by atoms with van der Waals surface area (Å²) in [5.74, 6) is 1.18. The van der Waals surface area contributed by atoms with E-state index in [9.17, 15) is 8.42 Å². The number of rotatable bonds is 9. The predicted molar refractivity (Wildman–Crippen MR) is 125 cm³/mol. The van der Waals surface area contributed by atoms with Gasteiger partial charge in [0.2, 0.25) is 27.8 Å². The number of sulfonamides is 1. The van der Waals surface area contributed by atoms with Crippen molar-refractivity contribution >= 4 is 50.7 Å². The second-order valence-electron chi connectivity index (χ2n) is 6.14. The number of hydrazone groups is 1. The zero-order valence-corrected chi connectivity index (χ0v) is 19.0. The summed E-state index contributed by atoms with van der Waals surface area (Å²) in [6.07, 6.45) is 0. The molecule has 2 aromatic heterocycles. The molecule has 32 heavy (non-hydrogen) atoms. The van der Waals surface area contributed by atoms with Gasteiger partial charge in [0.1, 0.15) is 0 Å². The number of anilines is 3. The molecule has 12 nitrogen and oxygen atoms in total. The summed E-state index contributed by atoms with van der Waals surface area (Å²) in [7, 11) is -3.77. The van der Waals surface area contributed by atoms with Crippen molar-refractivity contribution in [1.82, 2.24) is 15.0 Å². The van der Waals surface area contributed by atoms with E-state index in [1.807, 2.05) is 31.4 Å². The van der Waals surface area contributed by atoms with Crippen LogP contribution in [-0.2, 0) is 10.0 Å². The standard InChI is InChI=1S/C18H22N10O2S2/c1-3-20-16-22-17(21-4-2)24-18(23-16)28-27-15(14-6-5-11-31-14)26-25-12-7-9-13(10-8-12)32(19,29)30/h5-11,25H,3-4H2,1-2H3,(H2,19,29,30)(H2,20,21,22,23,24)/b26-15-,28-27?. The highest BCUT2D eigenvalue weighted by Crippen LogP contribution is 2.17. The van der Waals surface area contributed by atoms with Crippen LogP contribution >= 0.6 is 11.3 Å². The minimum atomic E-state index is -3.77. The summed E-state index contributed by atoms with van der Waals surface area (Å²) < 4.78 is 22.8. The summed E-state index contributed by atoms with van der Waals surface area (Å²) in [4.78, 5) is 13.5. The first kappa shape index (κ1) is 23.2. The molecule has 0 unspecified atom stereocenters. The van der Waals surface area contributed by atoms with Crippen LogP contribution < -0.4 is 21.2 Å². The van der Waals surface area contributed by atoms with Crippen molar-refractivity contribution in [3.63, 3.8) is 0 Å². The second-order valence-corrected chi connectivity index (χ2v) is 8.65. The van der Waals surface area contributed by atoms with Gasteiger partial charge in [-0.2, -0.15) is 20.1 Å². The number of thiophene rings is 1. The Morgan fingerprint density at radius 3 is 2.22 bits per heavy atom. The van der Waals surface area contributed by atoms with Crippen molar-refractivity contribution in [3.05, 3.63) is 46.7 Å². The molecule has 0 bridgehead atoms. The number of hydrogen-bond donors (Lipinski definition) is 4. The quantitative estimate of drug-likeness (QED) is 0.158. The van der Waals surface area contributed by atoms with E-state index in [-0.39, 0.29) is 10.8 Å². The summed E-state index contributed by atoms with van der Waals surface area (Å²) in [5.41, 5.74) is 3.39. The Labute approximate surface area is 189 Å². The van der Waals surface area contributed by atoms with Crippen molar-refractivity contribution in [1.29, 1.82) is 0 Å². The molecular formula is C18H22N10O2S2. The molecule has 0 aliphatic carbocycles. The summed E-state index contributed by atoms with van der Waals surface area (Å²) >= 11 is 1.43. The van der Waals surface area contributed by atoms with Gasteiger partial charge in [-0.15, -0.1) is 21.6 Å². The number of benzene rings is 1. The topological polar surface area (TPSA) is 172 Å². The fourth-order valence-electron chi connectivity index (χ4n) is 2.35. The first-order valence-electron chi connectivity index (χ1n) is 9.55. The van der Waals surface area contributed by atoms with Gasteiger partial charge in [0.15, 0.2) is 0 Å². The van der Waals surface area contributed by atoms with E-state index in [2.05, 4.69) is 46.3 Å². The van der Waals surface area contributed by atoms with Crippen LogP contribution in [0.1, 0.15) is 18.7 Å². The van der Waals surface area contributed by atoms with Crippen molar-refractivity contribution in [2.75, 3.05) is 29.1 Å². The predicted octanol–water partition coefficient (Wildman–Crippen LogP) is 3.00. The number of hydrogen-bond acceptors (Lipinski definition) is 11. The Bertz CT molecular complexity index is 1170. The van der Waals surface area contributed by atoms with Crippen molar-refractivity contribution in [2.45, 2.75) is 18.7 Å². The molecule has 0 aliphatic rings. The number of nitrogens with zero attached hydrogens (tertiary/aromatic N) is 6. The van der Waals surface area contributed by atoms with E-state index >= 15 is 0 Å². The first-order valence-corrected chi connectivity index (χ1v) is 12.0. The molecule has 0 spiro atoms. The molecule has 0 amide bonds. The Balaban J connectivity index is 1.86. The van der Waals surface area contributed by atoms with Gasteiger partial charge >= 0.3 is 0 Å². The van der Waals surface area contributed by atoms with Gasteiger partial charge in [0.25, 0.3) is 5.95 Å². The molecule has 0 saturated carbocycles. The first-order chi connectivity index (χ1) is 15.4. The van der Waals surface area contributed by atoms with Crippen LogP contribution in [0.3, 0.4) is 0 Å². The lowest BCUT2D eigenvalue weighted by Crippen LogP contribution is -2.11. The molecule has 2 heterocycles. The molecule has 0 radical (unpaired) electrons. The van der Waals surface area contributed by atoms with E-state index < -0.39 is 10.0 Å². The maximum atomic E-state index is 11.4. The molecule has 0 saturated heterocycles. The van der Waals surface area contributed by atoms with Crippen LogP contribution in [0.2, 0.25) is 0 Å². The number of primary sulfonamides is 1. The molecule has 0 fully saturated rings. The number of aromatic nitrogens is 3. The van der Waals surface area contributed by atoms with E-state index in [0.29, 0.717) is 36.5 Å². The third-order valence-corrected chi connectivity index (χ3v) is 5.54. The van der Waals surface area contributed by atoms with Gasteiger partial charge in [0, 0.05) is 13.1 Å². The summed E-state index contributed by atoms with van der Waals surface area (Å²) in [5, 5.41) is 25.7. The molecule has 0 aliphatic heterocycles. The zero-order valence-electron chi connectivity index (χ0n) is 17.3. The van der Waals surface area contributed by atoms with Crippen molar-refractivity contribution < 1.29 is 8.42 Å². The summed E-state index contributed by atoms with van der Waals surface area (Å²) in [6, 6.07) is 9.56. The SMILES string of the molecule is CCNc1nc(N=N/C(=N\Nc2ccc(S(N)(=O)=O)cc2)c2cccs2)nc(NCC)n1.